The molecule has 1 aromatic carbocycles. The normalized spacial score (nSPS) is 21.3. The second-order valence-electron chi connectivity index (χ2n) is 7.74. The number of carbonyl (C=O) groups excluding carboxylic acids is 1. The number of carboxylic acid groups (broad SMARTS) is 1. The molecule has 1 N–H and O–H groups in total. The average Bonchev–Trinajstić information content (AvgIpc) is 3.02. The number of carboxylic acids is 1. The Morgan fingerprint density at radius 2 is 1.93 bits per heavy atom. The Morgan fingerprint density at radius 3 is 2.67 bits per heavy atom. The molecule has 2 aliphatic rings. The van der Waals surface area contributed by atoms with Crippen LogP contribution in [0.5, 0.6) is 5.75 Å². The van der Waals surface area contributed by atoms with Crippen molar-refractivity contribution in [1.82, 2.24) is 9.80 Å². The van der Waals surface area contributed by atoms with Gasteiger partial charge in [0.1, 0.15) is 5.75 Å². The van der Waals surface area contributed by atoms with Crippen LogP contribution in [-0.2, 0) is 4.79 Å². The summed E-state index contributed by atoms with van der Waals surface area (Å²) >= 11 is 0. The maximum atomic E-state index is 13.0. The summed E-state index contributed by atoms with van der Waals surface area (Å²) in [5.74, 6) is 0.00352. The molecular weight excluding hydrogens is 344 g/mol. The van der Waals surface area contributed by atoms with Crippen molar-refractivity contribution in [3.8, 4) is 5.75 Å². The number of hydrogen-bond acceptors (Lipinski definition) is 4. The van der Waals surface area contributed by atoms with E-state index in [9.17, 15) is 9.59 Å². The Kier molecular flexibility index (Phi) is 6.72. The molecule has 0 spiro atoms. The van der Waals surface area contributed by atoms with Gasteiger partial charge in [-0.1, -0.05) is 6.07 Å². The van der Waals surface area contributed by atoms with Gasteiger partial charge in [0.25, 0.3) is 5.91 Å². The van der Waals surface area contributed by atoms with Gasteiger partial charge in [-0.2, -0.15) is 0 Å². The molecule has 1 atom stereocenters. The van der Waals surface area contributed by atoms with E-state index in [1.807, 2.05) is 41.1 Å². The van der Waals surface area contributed by atoms with Crippen molar-refractivity contribution in [2.75, 3.05) is 26.7 Å². The lowest BCUT2D eigenvalue weighted by Gasteiger charge is -2.25. The van der Waals surface area contributed by atoms with Crippen molar-refractivity contribution in [3.63, 3.8) is 0 Å². The summed E-state index contributed by atoms with van der Waals surface area (Å²) in [5.41, 5.74) is 0.669. The second kappa shape index (κ2) is 9.22. The number of likely N-dealkylation sites (N-methyl/N-ethyl adjacent to an activating group) is 1. The number of rotatable bonds is 6. The fourth-order valence-corrected chi connectivity index (χ4v) is 4.15. The maximum Gasteiger partial charge on any atom is 0.317 e. The zero-order valence-electron chi connectivity index (χ0n) is 16.1. The molecule has 27 heavy (non-hydrogen) atoms. The Hall–Kier alpha value is -2.08. The molecule has 1 amide bonds. The monoisotopic (exact) mass is 374 g/mol. The summed E-state index contributed by atoms with van der Waals surface area (Å²) < 4.78 is 6.03. The van der Waals surface area contributed by atoms with Gasteiger partial charge in [-0.25, -0.2) is 0 Å². The van der Waals surface area contributed by atoms with Crippen molar-refractivity contribution in [2.24, 2.45) is 0 Å². The van der Waals surface area contributed by atoms with E-state index in [0.29, 0.717) is 18.7 Å². The molecule has 1 saturated carbocycles. The topological polar surface area (TPSA) is 70.1 Å². The summed E-state index contributed by atoms with van der Waals surface area (Å²) in [7, 11) is 1.85. The van der Waals surface area contributed by atoms with Crippen LogP contribution < -0.4 is 4.74 Å². The minimum absolute atomic E-state index is 0.0356. The molecular formula is C21H30N2O4. The van der Waals surface area contributed by atoms with E-state index in [4.69, 9.17) is 9.84 Å². The van der Waals surface area contributed by atoms with E-state index in [1.54, 1.807) is 0 Å². The molecule has 1 heterocycles. The smallest absolute Gasteiger partial charge is 0.317 e. The molecule has 6 nitrogen and oxygen atoms in total. The van der Waals surface area contributed by atoms with Crippen molar-refractivity contribution < 1.29 is 19.4 Å². The maximum absolute atomic E-state index is 13.0. The number of amides is 1. The molecule has 0 radical (unpaired) electrons. The van der Waals surface area contributed by atoms with Crippen LogP contribution in [-0.4, -0.2) is 65.6 Å². The second-order valence-corrected chi connectivity index (χ2v) is 7.74. The first kappa shape index (κ1) is 19.7. The summed E-state index contributed by atoms with van der Waals surface area (Å²) in [6, 6.07) is 7.73. The van der Waals surface area contributed by atoms with Gasteiger partial charge in [-0.3, -0.25) is 14.5 Å². The first-order valence-corrected chi connectivity index (χ1v) is 10.0. The van der Waals surface area contributed by atoms with Gasteiger partial charge < -0.3 is 14.7 Å². The number of hydrogen-bond donors (Lipinski definition) is 1. The lowest BCUT2D eigenvalue weighted by atomic mass is 10.1. The quantitative estimate of drug-likeness (QED) is 0.829. The molecule has 1 aromatic rings. The molecule has 1 saturated heterocycles. The van der Waals surface area contributed by atoms with Crippen LogP contribution in [0.15, 0.2) is 24.3 Å². The lowest BCUT2D eigenvalue weighted by Crippen LogP contribution is -2.37. The van der Waals surface area contributed by atoms with Crippen LogP contribution in [0, 0.1) is 0 Å². The van der Waals surface area contributed by atoms with Crippen LogP contribution in [0.4, 0.5) is 0 Å². The van der Waals surface area contributed by atoms with Crippen LogP contribution in [0.1, 0.15) is 55.3 Å². The van der Waals surface area contributed by atoms with Gasteiger partial charge in [0.2, 0.25) is 0 Å². The van der Waals surface area contributed by atoms with E-state index < -0.39 is 5.97 Å². The highest BCUT2D eigenvalue weighted by Gasteiger charge is 2.25. The molecule has 2 fully saturated rings. The summed E-state index contributed by atoms with van der Waals surface area (Å²) in [4.78, 5) is 27.7. The van der Waals surface area contributed by atoms with Crippen LogP contribution in [0.3, 0.4) is 0 Å². The number of nitrogens with zero attached hydrogens (tertiary/aromatic N) is 2. The van der Waals surface area contributed by atoms with E-state index in [2.05, 4.69) is 0 Å². The first-order valence-electron chi connectivity index (χ1n) is 10.0. The number of carbonyl (C=O) groups is 2. The predicted molar refractivity (Wildman–Crippen MR) is 103 cm³/mol. The molecule has 6 heteroatoms. The molecule has 3 rings (SSSR count). The van der Waals surface area contributed by atoms with Gasteiger partial charge in [-0.05, 0) is 70.2 Å². The Labute approximate surface area is 161 Å². The van der Waals surface area contributed by atoms with Gasteiger partial charge in [0.15, 0.2) is 0 Å². The SMILES string of the molecule is CN(CC(=O)O)C1CCCN(C(=O)c2cccc(OC3CCCC3)c2)CC1. The number of aliphatic carboxylic acids is 1. The molecule has 1 aliphatic carbocycles. The third-order valence-electron chi connectivity index (χ3n) is 5.68. The standard InChI is InChI=1S/C21H30N2O4/c1-22(15-20(24)25)17-7-5-12-23(13-11-17)21(26)16-6-4-10-19(14-16)27-18-8-2-3-9-18/h4,6,10,14,17-18H,2-3,5,7-9,11-13,15H2,1H3,(H,24,25). The van der Waals surface area contributed by atoms with Gasteiger partial charge in [0.05, 0.1) is 12.6 Å². The predicted octanol–water partition coefficient (Wildman–Crippen LogP) is 3.02. The Morgan fingerprint density at radius 1 is 1.15 bits per heavy atom. The molecule has 0 aromatic heterocycles. The van der Waals surface area contributed by atoms with Crippen molar-refractivity contribution in [3.05, 3.63) is 29.8 Å². The van der Waals surface area contributed by atoms with E-state index >= 15 is 0 Å². The van der Waals surface area contributed by atoms with E-state index in [1.165, 1.54) is 12.8 Å². The van der Waals surface area contributed by atoms with E-state index in [-0.39, 0.29) is 24.6 Å². The number of benzene rings is 1. The number of likely N-dealkylation sites (tertiary alicyclic amines) is 1. The van der Waals surface area contributed by atoms with Crippen LogP contribution in [0.2, 0.25) is 0 Å². The third-order valence-corrected chi connectivity index (χ3v) is 5.68. The van der Waals surface area contributed by atoms with Crippen molar-refractivity contribution >= 4 is 11.9 Å². The Bertz CT molecular complexity index is 657. The summed E-state index contributed by atoms with van der Waals surface area (Å²) in [6.07, 6.45) is 7.50. The van der Waals surface area contributed by atoms with E-state index in [0.717, 1.165) is 37.9 Å². The Balaban J connectivity index is 1.59. The summed E-state index contributed by atoms with van der Waals surface area (Å²) in [6.45, 7) is 1.41. The largest absolute Gasteiger partial charge is 0.490 e. The van der Waals surface area contributed by atoms with Crippen LogP contribution >= 0.6 is 0 Å². The lowest BCUT2D eigenvalue weighted by molar-refractivity contribution is -0.138. The first-order chi connectivity index (χ1) is 13.0. The highest BCUT2D eigenvalue weighted by molar-refractivity contribution is 5.94. The minimum Gasteiger partial charge on any atom is -0.490 e. The van der Waals surface area contributed by atoms with Crippen molar-refractivity contribution in [1.29, 1.82) is 0 Å². The molecule has 1 unspecified atom stereocenters. The average molecular weight is 374 g/mol. The van der Waals surface area contributed by atoms with Gasteiger partial charge in [0, 0.05) is 24.7 Å². The van der Waals surface area contributed by atoms with Crippen LogP contribution in [0.25, 0.3) is 0 Å². The minimum atomic E-state index is -0.811. The highest BCUT2D eigenvalue weighted by atomic mass is 16.5. The zero-order chi connectivity index (χ0) is 19.2. The fraction of sp³-hybridized carbons (Fsp3) is 0.619. The number of ether oxygens (including phenoxy) is 1. The summed E-state index contributed by atoms with van der Waals surface area (Å²) in [5, 5.41) is 8.98. The van der Waals surface area contributed by atoms with Crippen molar-refractivity contribution in [2.45, 2.75) is 57.1 Å². The zero-order valence-corrected chi connectivity index (χ0v) is 16.1. The highest BCUT2D eigenvalue weighted by Crippen LogP contribution is 2.25. The van der Waals surface area contributed by atoms with Gasteiger partial charge in [-0.15, -0.1) is 0 Å². The fourth-order valence-electron chi connectivity index (χ4n) is 4.15. The molecule has 1 aliphatic heterocycles. The third kappa shape index (κ3) is 5.45. The molecule has 0 bridgehead atoms. The van der Waals surface area contributed by atoms with Gasteiger partial charge >= 0.3 is 5.97 Å². The molecule has 148 valence electrons.